The van der Waals surface area contributed by atoms with E-state index >= 15 is 0 Å². The van der Waals surface area contributed by atoms with Crippen molar-refractivity contribution in [2.24, 2.45) is 5.92 Å². The number of hydrogen-bond acceptors (Lipinski definition) is 5. The zero-order chi connectivity index (χ0) is 17.6. The second-order valence-corrected chi connectivity index (χ2v) is 8.36. The lowest BCUT2D eigenvalue weighted by molar-refractivity contribution is 0.107. The lowest BCUT2D eigenvalue weighted by Crippen LogP contribution is -2.29. The van der Waals surface area contributed by atoms with Crippen LogP contribution in [0.3, 0.4) is 0 Å². The van der Waals surface area contributed by atoms with Gasteiger partial charge in [0.1, 0.15) is 5.75 Å². The molecule has 0 saturated carbocycles. The second kappa shape index (κ2) is 8.62. The van der Waals surface area contributed by atoms with Gasteiger partial charge in [0.05, 0.1) is 17.6 Å². The Bertz CT molecular complexity index is 710. The van der Waals surface area contributed by atoms with E-state index in [1.54, 1.807) is 42.7 Å². The molecule has 0 aliphatic carbocycles. The first kappa shape index (κ1) is 18.9. The molecule has 1 aromatic carbocycles. The zero-order valence-corrected chi connectivity index (χ0v) is 15.7. The summed E-state index contributed by atoms with van der Waals surface area (Å²) >= 11 is 1.55. The summed E-state index contributed by atoms with van der Waals surface area (Å²) < 4.78 is 38.3. The molecule has 2 aromatic rings. The minimum atomic E-state index is -3.59. The summed E-state index contributed by atoms with van der Waals surface area (Å²) in [5, 5.41) is 3.88. The number of nitrogens with one attached hydrogen (secondary N) is 1. The highest BCUT2D eigenvalue weighted by Gasteiger charge is 2.18. The van der Waals surface area contributed by atoms with Gasteiger partial charge in [0.25, 0.3) is 0 Å². The van der Waals surface area contributed by atoms with Gasteiger partial charge < -0.3 is 9.47 Å². The van der Waals surface area contributed by atoms with Crippen molar-refractivity contribution in [3.8, 4) is 5.75 Å². The molecule has 2 rings (SSSR count). The number of hydrogen-bond donors (Lipinski definition) is 1. The summed E-state index contributed by atoms with van der Waals surface area (Å²) in [5.41, 5.74) is 0.961. The Morgan fingerprint density at radius 1 is 1.17 bits per heavy atom. The van der Waals surface area contributed by atoms with Crippen LogP contribution in [0.4, 0.5) is 0 Å². The van der Waals surface area contributed by atoms with Gasteiger partial charge in [0.15, 0.2) is 0 Å². The molecule has 1 aromatic heterocycles. The van der Waals surface area contributed by atoms with Gasteiger partial charge in [-0.15, -0.1) is 0 Å². The van der Waals surface area contributed by atoms with E-state index in [4.69, 9.17) is 9.47 Å². The Morgan fingerprint density at radius 3 is 2.42 bits per heavy atom. The number of benzene rings is 1. The third kappa shape index (κ3) is 5.31. The van der Waals surface area contributed by atoms with Crippen LogP contribution in [0.25, 0.3) is 0 Å². The topological polar surface area (TPSA) is 64.6 Å². The molecule has 0 radical (unpaired) electrons. The fraction of sp³-hybridized carbons (Fsp3) is 0.412. The Hall–Kier alpha value is -1.41. The Morgan fingerprint density at radius 2 is 1.88 bits per heavy atom. The molecule has 0 amide bonds. The molecule has 1 heterocycles. The SMILES string of the molecule is COC(CNS(=O)(=O)c1ccc(OCC(C)C)cc1)c1ccsc1. The monoisotopic (exact) mass is 369 g/mol. The third-order valence-corrected chi connectivity index (χ3v) is 5.52. The molecule has 1 atom stereocenters. The van der Waals surface area contributed by atoms with Crippen LogP contribution in [0, 0.1) is 5.92 Å². The lowest BCUT2D eigenvalue weighted by Gasteiger charge is -2.15. The number of methoxy groups -OCH3 is 1. The summed E-state index contributed by atoms with van der Waals surface area (Å²) in [6, 6.07) is 8.36. The Labute approximate surface area is 147 Å². The van der Waals surface area contributed by atoms with Gasteiger partial charge in [-0.2, -0.15) is 11.3 Å². The first-order valence-corrected chi connectivity index (χ1v) is 10.1. The van der Waals surface area contributed by atoms with Crippen molar-refractivity contribution in [1.29, 1.82) is 0 Å². The van der Waals surface area contributed by atoms with Gasteiger partial charge in [-0.05, 0) is 52.6 Å². The Kier molecular flexibility index (Phi) is 6.79. The van der Waals surface area contributed by atoms with Crippen LogP contribution in [0.2, 0.25) is 0 Å². The van der Waals surface area contributed by atoms with Crippen molar-refractivity contribution in [2.45, 2.75) is 24.8 Å². The fourth-order valence-electron chi connectivity index (χ4n) is 2.04. The molecule has 0 aliphatic rings. The minimum Gasteiger partial charge on any atom is -0.493 e. The molecule has 24 heavy (non-hydrogen) atoms. The van der Waals surface area contributed by atoms with Crippen LogP contribution in [0.5, 0.6) is 5.75 Å². The molecule has 5 nitrogen and oxygen atoms in total. The fourth-order valence-corrected chi connectivity index (χ4v) is 3.78. The van der Waals surface area contributed by atoms with Crippen molar-refractivity contribution >= 4 is 21.4 Å². The van der Waals surface area contributed by atoms with Crippen LogP contribution >= 0.6 is 11.3 Å². The first-order valence-electron chi connectivity index (χ1n) is 7.70. The van der Waals surface area contributed by atoms with Crippen molar-refractivity contribution in [1.82, 2.24) is 4.72 Å². The summed E-state index contributed by atoms with van der Waals surface area (Å²) in [7, 11) is -2.02. The molecular formula is C17H23NO4S2. The van der Waals surface area contributed by atoms with Crippen LogP contribution in [-0.4, -0.2) is 28.7 Å². The molecule has 1 N–H and O–H groups in total. The standard InChI is InChI=1S/C17H23NO4S2/c1-13(2)11-22-15-4-6-16(7-5-15)24(19,20)18-10-17(21-3)14-8-9-23-12-14/h4-9,12-13,17-18H,10-11H2,1-3H3. The largest absolute Gasteiger partial charge is 0.493 e. The maximum atomic E-state index is 12.4. The third-order valence-electron chi connectivity index (χ3n) is 3.38. The van der Waals surface area contributed by atoms with Gasteiger partial charge in [-0.1, -0.05) is 13.8 Å². The van der Waals surface area contributed by atoms with Gasteiger partial charge in [-0.3, -0.25) is 0 Å². The molecule has 0 bridgehead atoms. The van der Waals surface area contributed by atoms with Gasteiger partial charge in [-0.25, -0.2) is 13.1 Å². The van der Waals surface area contributed by atoms with Gasteiger partial charge >= 0.3 is 0 Å². The highest BCUT2D eigenvalue weighted by Crippen LogP contribution is 2.20. The number of rotatable bonds is 9. The summed E-state index contributed by atoms with van der Waals surface area (Å²) in [4.78, 5) is 0.208. The zero-order valence-electron chi connectivity index (χ0n) is 14.1. The lowest BCUT2D eigenvalue weighted by atomic mass is 10.2. The smallest absolute Gasteiger partial charge is 0.240 e. The van der Waals surface area contributed by atoms with Crippen LogP contribution in [0.15, 0.2) is 46.0 Å². The molecule has 132 valence electrons. The van der Waals surface area contributed by atoms with Crippen LogP contribution in [0.1, 0.15) is 25.5 Å². The van der Waals surface area contributed by atoms with Crippen molar-refractivity contribution < 1.29 is 17.9 Å². The van der Waals surface area contributed by atoms with E-state index in [1.807, 2.05) is 16.8 Å². The number of thiophene rings is 1. The second-order valence-electron chi connectivity index (χ2n) is 5.81. The van der Waals surface area contributed by atoms with Gasteiger partial charge in [0, 0.05) is 13.7 Å². The normalized spacial score (nSPS) is 13.2. The van der Waals surface area contributed by atoms with E-state index in [0.29, 0.717) is 18.3 Å². The van der Waals surface area contributed by atoms with E-state index in [2.05, 4.69) is 18.6 Å². The summed E-state index contributed by atoms with van der Waals surface area (Å²) in [6.45, 7) is 4.90. The summed E-state index contributed by atoms with van der Waals surface area (Å²) in [6.07, 6.45) is -0.306. The van der Waals surface area contributed by atoms with E-state index in [1.165, 1.54) is 0 Å². The molecular weight excluding hydrogens is 346 g/mol. The molecule has 0 saturated heterocycles. The van der Waals surface area contributed by atoms with Crippen molar-refractivity contribution in [2.75, 3.05) is 20.3 Å². The predicted molar refractivity (Wildman–Crippen MR) is 96.0 cm³/mol. The van der Waals surface area contributed by atoms with E-state index in [-0.39, 0.29) is 17.5 Å². The molecule has 0 aliphatic heterocycles. The van der Waals surface area contributed by atoms with E-state index in [9.17, 15) is 8.42 Å². The van der Waals surface area contributed by atoms with Crippen molar-refractivity contribution in [3.63, 3.8) is 0 Å². The maximum Gasteiger partial charge on any atom is 0.240 e. The van der Waals surface area contributed by atoms with E-state index < -0.39 is 10.0 Å². The number of ether oxygens (including phenoxy) is 2. The quantitative estimate of drug-likeness (QED) is 0.735. The van der Waals surface area contributed by atoms with E-state index in [0.717, 1.165) is 5.56 Å². The maximum absolute atomic E-state index is 12.4. The van der Waals surface area contributed by atoms with Crippen LogP contribution in [-0.2, 0) is 14.8 Å². The predicted octanol–water partition coefficient (Wildman–Crippen LogP) is 3.45. The van der Waals surface area contributed by atoms with Gasteiger partial charge in [0.2, 0.25) is 10.0 Å². The Balaban J connectivity index is 1.99. The average molecular weight is 370 g/mol. The molecule has 0 spiro atoms. The minimum absolute atomic E-state index is 0.182. The van der Waals surface area contributed by atoms with Crippen molar-refractivity contribution in [3.05, 3.63) is 46.7 Å². The van der Waals surface area contributed by atoms with Crippen LogP contribution < -0.4 is 9.46 Å². The molecule has 7 heteroatoms. The highest BCUT2D eigenvalue weighted by atomic mass is 32.2. The summed E-state index contributed by atoms with van der Waals surface area (Å²) in [5.74, 6) is 1.08. The first-order chi connectivity index (χ1) is 11.4. The number of sulfonamides is 1. The molecule has 0 fully saturated rings. The average Bonchev–Trinajstić information content (AvgIpc) is 3.08. The highest BCUT2D eigenvalue weighted by molar-refractivity contribution is 7.89. The molecule has 1 unspecified atom stereocenters.